The Morgan fingerprint density at radius 2 is 2.07 bits per heavy atom. The van der Waals surface area contributed by atoms with E-state index in [4.69, 9.17) is 18.9 Å². The Balaban J connectivity index is 1.80. The fourth-order valence-electron chi connectivity index (χ4n) is 4.00. The van der Waals surface area contributed by atoms with Crippen LogP contribution < -0.4 is 4.74 Å². The lowest BCUT2D eigenvalue weighted by Gasteiger charge is -2.41. The zero-order valence-electron chi connectivity index (χ0n) is 15.8. The second-order valence-corrected chi connectivity index (χ2v) is 6.79. The molecular weight excluding hydrogens is 346 g/mol. The minimum atomic E-state index is -0.663. The minimum Gasteiger partial charge on any atom is -0.497 e. The van der Waals surface area contributed by atoms with Gasteiger partial charge < -0.3 is 18.9 Å². The van der Waals surface area contributed by atoms with E-state index in [-0.39, 0.29) is 6.09 Å². The molecule has 1 aliphatic carbocycles. The number of carbonyl (C=O) groups excluding carboxylic acids is 1. The molecular formula is C21H23NO5. The van der Waals surface area contributed by atoms with Gasteiger partial charge in [-0.1, -0.05) is 18.2 Å². The van der Waals surface area contributed by atoms with Crippen LogP contribution in [-0.2, 0) is 20.6 Å². The number of allylic oxidation sites excluding steroid dienone is 2. The van der Waals surface area contributed by atoms with Crippen LogP contribution in [0.25, 0.3) is 0 Å². The molecule has 0 bridgehead atoms. The number of amides is 1. The number of ether oxygens (including phenoxy) is 4. The van der Waals surface area contributed by atoms with Crippen molar-refractivity contribution < 1.29 is 23.7 Å². The first-order valence-corrected chi connectivity index (χ1v) is 9.05. The lowest BCUT2D eigenvalue weighted by Crippen LogP contribution is -2.52. The van der Waals surface area contributed by atoms with Crippen molar-refractivity contribution in [2.24, 2.45) is 0 Å². The summed E-state index contributed by atoms with van der Waals surface area (Å²) in [5.41, 5.74) is 2.46. The second-order valence-electron chi connectivity index (χ2n) is 6.79. The molecule has 2 heterocycles. The molecule has 6 nitrogen and oxygen atoms in total. The maximum absolute atomic E-state index is 12.5. The van der Waals surface area contributed by atoms with Gasteiger partial charge in [-0.25, -0.2) is 4.79 Å². The lowest BCUT2D eigenvalue weighted by atomic mass is 9.78. The Bertz CT molecular complexity index is 842. The predicted octanol–water partition coefficient (Wildman–Crippen LogP) is 3.55. The standard InChI is InChI=1S/C21H23NO5/c1-4-26-20(23)22-12-15-9-18(24-2)19(25-3)10-16(15)21(13-22)11-14-7-5-6-8-17(14)27-21/h5-8,10,12H,4,9,11,13H2,1-3H3. The zero-order valence-corrected chi connectivity index (χ0v) is 15.8. The Labute approximate surface area is 158 Å². The molecule has 1 unspecified atom stereocenters. The number of hydrogen-bond donors (Lipinski definition) is 0. The van der Waals surface area contributed by atoms with E-state index < -0.39 is 5.60 Å². The third kappa shape index (κ3) is 2.85. The first-order chi connectivity index (χ1) is 13.1. The molecule has 0 aromatic heterocycles. The predicted molar refractivity (Wildman–Crippen MR) is 99.1 cm³/mol. The molecule has 1 atom stereocenters. The highest BCUT2D eigenvalue weighted by molar-refractivity contribution is 5.71. The molecule has 0 fully saturated rings. The molecule has 1 aromatic carbocycles. The number of benzene rings is 1. The molecule has 0 saturated carbocycles. The smallest absolute Gasteiger partial charge is 0.413 e. The van der Waals surface area contributed by atoms with E-state index in [0.29, 0.717) is 31.8 Å². The van der Waals surface area contributed by atoms with E-state index in [1.807, 2.05) is 30.5 Å². The SMILES string of the molecule is CCOC(=O)N1C=C2CC(OC)=C(OC)C=C2C2(Cc3ccccc3O2)C1. The highest BCUT2D eigenvalue weighted by atomic mass is 16.6. The van der Waals surface area contributed by atoms with Crippen LogP contribution in [0.3, 0.4) is 0 Å². The van der Waals surface area contributed by atoms with Crippen molar-refractivity contribution in [3.05, 3.63) is 64.8 Å². The Morgan fingerprint density at radius 3 is 2.78 bits per heavy atom. The average Bonchev–Trinajstić information content (AvgIpc) is 3.05. The van der Waals surface area contributed by atoms with Crippen LogP contribution in [0.5, 0.6) is 5.75 Å². The molecule has 1 spiro atoms. The van der Waals surface area contributed by atoms with Gasteiger partial charge in [-0.05, 0) is 30.2 Å². The minimum absolute atomic E-state index is 0.326. The summed E-state index contributed by atoms with van der Waals surface area (Å²) in [4.78, 5) is 14.1. The van der Waals surface area contributed by atoms with E-state index >= 15 is 0 Å². The third-order valence-electron chi connectivity index (χ3n) is 5.20. The number of para-hydroxylation sites is 1. The van der Waals surface area contributed by atoms with Crippen LogP contribution in [0.2, 0.25) is 0 Å². The molecule has 4 rings (SSSR count). The van der Waals surface area contributed by atoms with Gasteiger partial charge in [0.1, 0.15) is 11.5 Å². The normalized spacial score (nSPS) is 23.1. The largest absolute Gasteiger partial charge is 0.497 e. The fourth-order valence-corrected chi connectivity index (χ4v) is 4.00. The molecule has 2 aliphatic heterocycles. The number of methoxy groups -OCH3 is 2. The summed E-state index contributed by atoms with van der Waals surface area (Å²) in [5, 5.41) is 0. The van der Waals surface area contributed by atoms with Crippen molar-refractivity contribution in [2.45, 2.75) is 25.4 Å². The van der Waals surface area contributed by atoms with Gasteiger partial charge in [-0.3, -0.25) is 4.90 Å². The van der Waals surface area contributed by atoms with Gasteiger partial charge in [-0.2, -0.15) is 0 Å². The maximum atomic E-state index is 12.5. The molecule has 3 aliphatic rings. The van der Waals surface area contributed by atoms with Gasteiger partial charge in [-0.15, -0.1) is 0 Å². The number of hydrogen-bond acceptors (Lipinski definition) is 5. The summed E-state index contributed by atoms with van der Waals surface area (Å²) in [6.45, 7) is 2.51. The number of fused-ring (bicyclic) bond motifs is 3. The van der Waals surface area contributed by atoms with Crippen LogP contribution >= 0.6 is 0 Å². The summed E-state index contributed by atoms with van der Waals surface area (Å²) in [6.07, 6.45) is 4.66. The van der Waals surface area contributed by atoms with E-state index in [9.17, 15) is 4.79 Å². The van der Waals surface area contributed by atoms with Gasteiger partial charge in [0.25, 0.3) is 0 Å². The molecule has 142 valence electrons. The molecule has 1 amide bonds. The van der Waals surface area contributed by atoms with Crippen molar-refractivity contribution in [1.29, 1.82) is 0 Å². The highest BCUT2D eigenvalue weighted by Crippen LogP contribution is 2.47. The summed E-state index contributed by atoms with van der Waals surface area (Å²) < 4.78 is 22.7. The Kier molecular flexibility index (Phi) is 4.34. The van der Waals surface area contributed by atoms with Crippen LogP contribution in [0.4, 0.5) is 4.79 Å². The van der Waals surface area contributed by atoms with E-state index in [1.165, 1.54) is 0 Å². The van der Waals surface area contributed by atoms with E-state index in [2.05, 4.69) is 6.07 Å². The Hall–Kier alpha value is -2.89. The van der Waals surface area contributed by atoms with Crippen molar-refractivity contribution in [2.75, 3.05) is 27.4 Å². The van der Waals surface area contributed by atoms with Gasteiger partial charge in [0.2, 0.25) is 0 Å². The van der Waals surface area contributed by atoms with E-state index in [0.717, 1.165) is 28.2 Å². The lowest BCUT2D eigenvalue weighted by molar-refractivity contribution is 0.0680. The van der Waals surface area contributed by atoms with Gasteiger partial charge in [0.15, 0.2) is 11.4 Å². The van der Waals surface area contributed by atoms with Crippen LogP contribution in [0.1, 0.15) is 18.9 Å². The summed E-state index contributed by atoms with van der Waals surface area (Å²) in [5.74, 6) is 2.26. The van der Waals surface area contributed by atoms with Gasteiger partial charge >= 0.3 is 6.09 Å². The topological polar surface area (TPSA) is 57.2 Å². The number of carbonyl (C=O) groups is 1. The van der Waals surface area contributed by atoms with Crippen molar-refractivity contribution >= 4 is 6.09 Å². The summed E-state index contributed by atoms with van der Waals surface area (Å²) in [7, 11) is 3.25. The van der Waals surface area contributed by atoms with Gasteiger partial charge in [0, 0.05) is 24.6 Å². The molecule has 1 aromatic rings. The molecule has 0 N–H and O–H groups in total. The molecule has 6 heteroatoms. The first kappa shape index (κ1) is 17.5. The van der Waals surface area contributed by atoms with Crippen molar-refractivity contribution in [1.82, 2.24) is 4.90 Å². The van der Waals surface area contributed by atoms with Crippen LogP contribution in [-0.4, -0.2) is 44.0 Å². The van der Waals surface area contributed by atoms with E-state index in [1.54, 1.807) is 26.0 Å². The third-order valence-corrected chi connectivity index (χ3v) is 5.20. The average molecular weight is 369 g/mol. The van der Waals surface area contributed by atoms with Crippen molar-refractivity contribution in [3.8, 4) is 5.75 Å². The van der Waals surface area contributed by atoms with Crippen molar-refractivity contribution in [3.63, 3.8) is 0 Å². The zero-order chi connectivity index (χ0) is 19.0. The Morgan fingerprint density at radius 1 is 1.26 bits per heavy atom. The molecule has 0 saturated heterocycles. The summed E-state index contributed by atoms with van der Waals surface area (Å²) in [6, 6.07) is 7.99. The van der Waals surface area contributed by atoms with Crippen LogP contribution in [0.15, 0.2) is 59.2 Å². The number of nitrogens with zero attached hydrogens (tertiary/aromatic N) is 1. The second kappa shape index (κ2) is 6.68. The molecule has 27 heavy (non-hydrogen) atoms. The van der Waals surface area contributed by atoms with Crippen LogP contribution in [0, 0.1) is 0 Å². The van der Waals surface area contributed by atoms with Gasteiger partial charge in [0.05, 0.1) is 27.4 Å². The first-order valence-electron chi connectivity index (χ1n) is 9.05. The number of rotatable bonds is 3. The quantitative estimate of drug-likeness (QED) is 0.816. The monoisotopic (exact) mass is 369 g/mol. The summed E-state index contributed by atoms with van der Waals surface area (Å²) >= 11 is 0. The molecule has 0 radical (unpaired) electrons. The maximum Gasteiger partial charge on any atom is 0.413 e. The highest BCUT2D eigenvalue weighted by Gasteiger charge is 2.49. The fraction of sp³-hybridized carbons (Fsp3) is 0.381.